The van der Waals surface area contributed by atoms with Gasteiger partial charge in [-0.25, -0.2) is 15.0 Å². The zero-order chi connectivity index (χ0) is 21.0. The van der Waals surface area contributed by atoms with Crippen LogP contribution in [0.3, 0.4) is 0 Å². The highest BCUT2D eigenvalue weighted by Gasteiger charge is 2.26. The average molecular weight is 464 g/mol. The Bertz CT molecular complexity index is 902. The van der Waals surface area contributed by atoms with Crippen molar-refractivity contribution < 1.29 is 14.0 Å². The van der Waals surface area contributed by atoms with Crippen molar-refractivity contribution in [2.45, 2.75) is 6.54 Å². The van der Waals surface area contributed by atoms with Gasteiger partial charge in [-0.2, -0.15) is 0 Å². The molecule has 0 spiro atoms. The summed E-state index contributed by atoms with van der Waals surface area (Å²) in [6.45, 7) is 2.83. The number of nitrogens with zero attached hydrogens (tertiary/aromatic N) is 3. The number of hydrogen-bond acceptors (Lipinski definition) is 4. The summed E-state index contributed by atoms with van der Waals surface area (Å²) in [6, 6.07) is 11.3. The predicted molar refractivity (Wildman–Crippen MR) is 113 cm³/mol. The lowest BCUT2D eigenvalue weighted by Gasteiger charge is -2.36. The Labute approximate surface area is 177 Å². The second kappa shape index (κ2) is 9.34. The van der Waals surface area contributed by atoms with Crippen molar-refractivity contribution in [3.8, 4) is 0 Å². The highest BCUT2D eigenvalue weighted by molar-refractivity contribution is 9.10. The van der Waals surface area contributed by atoms with Crippen molar-refractivity contribution in [3.05, 3.63) is 63.9 Å². The maximum absolute atomic E-state index is 14.7. The van der Waals surface area contributed by atoms with E-state index in [1.165, 1.54) is 12.1 Å². The Morgan fingerprint density at radius 2 is 1.90 bits per heavy atom. The third kappa shape index (κ3) is 5.11. The number of nitrogen functional groups attached to an aromatic ring is 1. The van der Waals surface area contributed by atoms with Crippen LogP contribution in [0.5, 0.6) is 0 Å². The van der Waals surface area contributed by atoms with Gasteiger partial charge < -0.3 is 9.80 Å². The quantitative estimate of drug-likeness (QED) is 0.414. The topological polar surface area (TPSA) is 81.9 Å². The van der Waals surface area contributed by atoms with E-state index in [0.717, 1.165) is 23.6 Å². The number of halogens is 2. The van der Waals surface area contributed by atoms with Gasteiger partial charge in [-0.1, -0.05) is 28.1 Å². The lowest BCUT2D eigenvalue weighted by Crippen LogP contribution is -2.52. The molecule has 3 amide bonds. The summed E-state index contributed by atoms with van der Waals surface area (Å²) in [5.41, 5.74) is 3.06. The molecule has 1 saturated heterocycles. The van der Waals surface area contributed by atoms with Crippen molar-refractivity contribution in [1.29, 1.82) is 0 Å². The Kier molecular flexibility index (Phi) is 6.83. The normalized spacial score (nSPS) is 14.6. The number of benzene rings is 2. The number of piperazine rings is 1. The molecule has 0 saturated carbocycles. The van der Waals surface area contributed by atoms with Crippen molar-refractivity contribution in [3.63, 3.8) is 0 Å². The van der Waals surface area contributed by atoms with Crippen molar-refractivity contribution in [2.24, 2.45) is 5.84 Å². The smallest absolute Gasteiger partial charge is 0.322 e. The van der Waals surface area contributed by atoms with Gasteiger partial charge in [-0.3, -0.25) is 15.1 Å². The summed E-state index contributed by atoms with van der Waals surface area (Å²) in [5, 5.41) is 0. The lowest BCUT2D eigenvalue weighted by molar-refractivity contribution is 0.0953. The molecule has 1 heterocycles. The molecule has 0 unspecified atom stereocenters. The summed E-state index contributed by atoms with van der Waals surface area (Å²) < 4.78 is 15.5. The number of nitrogens with one attached hydrogen (secondary N) is 1. The number of rotatable bonds is 4. The van der Waals surface area contributed by atoms with Gasteiger partial charge in [-0.15, -0.1) is 0 Å². The van der Waals surface area contributed by atoms with Gasteiger partial charge in [0.15, 0.2) is 0 Å². The molecule has 0 atom stereocenters. The molecule has 2 aromatic carbocycles. The highest BCUT2D eigenvalue weighted by Crippen LogP contribution is 2.25. The number of anilines is 1. The summed E-state index contributed by atoms with van der Waals surface area (Å²) in [6.07, 6.45) is 0. The fourth-order valence-electron chi connectivity index (χ4n) is 3.15. The molecule has 2 aromatic rings. The molecule has 0 aromatic heterocycles. The van der Waals surface area contributed by atoms with Crippen LogP contribution in [0.1, 0.15) is 15.9 Å². The highest BCUT2D eigenvalue weighted by atomic mass is 79.9. The number of likely N-dealkylation sites (N-methyl/N-ethyl adjacent to an activating group) is 1. The van der Waals surface area contributed by atoms with Gasteiger partial charge in [-0.05, 0) is 37.4 Å². The fourth-order valence-corrected chi connectivity index (χ4v) is 3.54. The maximum atomic E-state index is 14.7. The Morgan fingerprint density at radius 3 is 2.52 bits per heavy atom. The van der Waals surface area contributed by atoms with E-state index in [2.05, 4.69) is 20.8 Å². The zero-order valence-electron chi connectivity index (χ0n) is 16.1. The Hall–Kier alpha value is -2.49. The average Bonchev–Trinajstić information content (AvgIpc) is 2.72. The molecule has 3 rings (SSSR count). The minimum absolute atomic E-state index is 0.0397. The van der Waals surface area contributed by atoms with E-state index in [4.69, 9.17) is 5.84 Å². The first-order valence-corrected chi connectivity index (χ1v) is 9.98. The molecule has 1 fully saturated rings. The third-order valence-electron chi connectivity index (χ3n) is 4.90. The fraction of sp³-hybridized carbons (Fsp3) is 0.300. The van der Waals surface area contributed by atoms with Crippen LogP contribution in [0.2, 0.25) is 0 Å². The number of nitrogens with two attached hydrogens (primary N) is 1. The number of carbonyl (C=O) groups is 2. The summed E-state index contributed by atoms with van der Waals surface area (Å²) in [7, 11) is 2.02. The monoisotopic (exact) mass is 463 g/mol. The van der Waals surface area contributed by atoms with Crippen LogP contribution < -0.4 is 16.2 Å². The predicted octanol–water partition coefficient (Wildman–Crippen LogP) is 2.57. The first kappa shape index (κ1) is 21.2. The zero-order valence-corrected chi connectivity index (χ0v) is 17.7. The van der Waals surface area contributed by atoms with Crippen LogP contribution in [-0.4, -0.2) is 55.0 Å². The summed E-state index contributed by atoms with van der Waals surface area (Å²) in [4.78, 5) is 30.4. The van der Waals surface area contributed by atoms with E-state index in [0.29, 0.717) is 24.3 Å². The summed E-state index contributed by atoms with van der Waals surface area (Å²) >= 11 is 3.43. The SMILES string of the molecule is CN1CCN(C(=O)N(Cc2ccc(C(=O)NN)cc2F)c2cccc(Br)c2)CC1. The minimum Gasteiger partial charge on any atom is -0.322 e. The van der Waals surface area contributed by atoms with E-state index >= 15 is 0 Å². The van der Waals surface area contributed by atoms with Crippen LogP contribution in [-0.2, 0) is 6.54 Å². The standard InChI is InChI=1S/C20H23BrFN5O2/c1-25-7-9-26(10-8-25)20(29)27(17-4-2-3-16(21)12-17)13-15-6-5-14(11-18(15)22)19(28)24-23/h2-6,11-12H,7-10,13,23H2,1H3,(H,24,28). The molecule has 29 heavy (non-hydrogen) atoms. The first-order valence-electron chi connectivity index (χ1n) is 9.19. The van der Waals surface area contributed by atoms with Gasteiger partial charge >= 0.3 is 6.03 Å². The van der Waals surface area contributed by atoms with E-state index in [-0.39, 0.29) is 18.1 Å². The number of amides is 3. The number of hydrazine groups is 1. The van der Waals surface area contributed by atoms with E-state index < -0.39 is 11.7 Å². The number of urea groups is 1. The molecule has 1 aliphatic heterocycles. The molecule has 3 N–H and O–H groups in total. The number of hydrogen-bond donors (Lipinski definition) is 2. The molecule has 7 nitrogen and oxygen atoms in total. The van der Waals surface area contributed by atoms with Gasteiger partial charge in [0.1, 0.15) is 5.82 Å². The molecule has 0 aliphatic carbocycles. The van der Waals surface area contributed by atoms with E-state index in [9.17, 15) is 14.0 Å². The van der Waals surface area contributed by atoms with Crippen LogP contribution in [0.25, 0.3) is 0 Å². The molecular formula is C20H23BrFN5O2. The third-order valence-corrected chi connectivity index (χ3v) is 5.39. The Balaban J connectivity index is 1.89. The van der Waals surface area contributed by atoms with E-state index in [1.807, 2.05) is 36.7 Å². The summed E-state index contributed by atoms with van der Waals surface area (Å²) in [5.74, 6) is 3.96. The van der Waals surface area contributed by atoms with Crippen LogP contribution in [0, 0.1) is 5.82 Å². The molecule has 0 bridgehead atoms. The van der Waals surface area contributed by atoms with Gasteiger partial charge in [0.2, 0.25) is 0 Å². The number of carbonyl (C=O) groups excluding carboxylic acids is 2. The first-order chi connectivity index (χ1) is 13.9. The van der Waals surface area contributed by atoms with Crippen LogP contribution >= 0.6 is 15.9 Å². The second-order valence-corrected chi connectivity index (χ2v) is 7.83. The minimum atomic E-state index is -0.576. The molecule has 154 valence electrons. The van der Waals surface area contributed by atoms with Gasteiger partial charge in [0.05, 0.1) is 6.54 Å². The van der Waals surface area contributed by atoms with Crippen molar-refractivity contribution >= 4 is 33.6 Å². The molecule has 1 aliphatic rings. The van der Waals surface area contributed by atoms with Gasteiger partial charge in [0, 0.05) is 47.5 Å². The molecule has 0 radical (unpaired) electrons. The lowest BCUT2D eigenvalue weighted by atomic mass is 10.1. The molecular weight excluding hydrogens is 441 g/mol. The van der Waals surface area contributed by atoms with E-state index in [1.54, 1.807) is 9.80 Å². The van der Waals surface area contributed by atoms with Crippen molar-refractivity contribution in [2.75, 3.05) is 38.1 Å². The maximum Gasteiger partial charge on any atom is 0.324 e. The molecule has 9 heteroatoms. The van der Waals surface area contributed by atoms with Crippen LogP contribution in [0.4, 0.5) is 14.9 Å². The Morgan fingerprint density at radius 1 is 1.17 bits per heavy atom. The van der Waals surface area contributed by atoms with Crippen LogP contribution in [0.15, 0.2) is 46.9 Å². The van der Waals surface area contributed by atoms with Crippen molar-refractivity contribution in [1.82, 2.24) is 15.2 Å². The second-order valence-electron chi connectivity index (χ2n) is 6.92. The van der Waals surface area contributed by atoms with Gasteiger partial charge in [0.25, 0.3) is 5.91 Å². The largest absolute Gasteiger partial charge is 0.324 e.